The van der Waals surface area contributed by atoms with Gasteiger partial charge in [-0.1, -0.05) is 24.3 Å². The van der Waals surface area contributed by atoms with Crippen LogP contribution in [0.2, 0.25) is 0 Å². The summed E-state index contributed by atoms with van der Waals surface area (Å²) in [5.41, 5.74) is 3.61. The molecule has 0 radical (unpaired) electrons. The highest BCUT2D eigenvalue weighted by atomic mass is 16.2. The zero-order chi connectivity index (χ0) is 19.5. The molecule has 0 unspecified atom stereocenters. The molecule has 1 aliphatic heterocycles. The van der Waals surface area contributed by atoms with Gasteiger partial charge in [0.2, 0.25) is 0 Å². The predicted molar refractivity (Wildman–Crippen MR) is 110 cm³/mol. The standard InChI is InChI=1S/C23H24N4O/c1-25-12-9-18-7-8-19(15-22(18)25)23(28)27-11-4-10-26(13-14-27)17-21-6-3-2-5-20(21)16-24/h2-3,5-9,12,15H,4,10-11,13-14,17H2,1H3. The number of aromatic nitrogens is 1. The van der Waals surface area contributed by atoms with Crippen LogP contribution in [-0.4, -0.2) is 46.5 Å². The Bertz CT molecular complexity index is 1050. The van der Waals surface area contributed by atoms with Crippen LogP contribution in [0.15, 0.2) is 54.7 Å². The lowest BCUT2D eigenvalue weighted by molar-refractivity contribution is 0.0761. The maximum atomic E-state index is 13.0. The zero-order valence-corrected chi connectivity index (χ0v) is 16.1. The Hall–Kier alpha value is -3.10. The van der Waals surface area contributed by atoms with Gasteiger partial charge < -0.3 is 9.47 Å². The summed E-state index contributed by atoms with van der Waals surface area (Å²) >= 11 is 0. The Morgan fingerprint density at radius 2 is 1.93 bits per heavy atom. The first-order chi connectivity index (χ1) is 13.7. The first-order valence-electron chi connectivity index (χ1n) is 9.70. The molecule has 1 saturated heterocycles. The second-order valence-electron chi connectivity index (χ2n) is 7.39. The van der Waals surface area contributed by atoms with Crippen molar-refractivity contribution in [3.05, 3.63) is 71.4 Å². The van der Waals surface area contributed by atoms with Gasteiger partial charge in [-0.2, -0.15) is 5.26 Å². The number of hydrogen-bond acceptors (Lipinski definition) is 3. The fourth-order valence-corrected chi connectivity index (χ4v) is 3.92. The number of benzene rings is 2. The normalized spacial score (nSPS) is 15.4. The Labute approximate surface area is 165 Å². The summed E-state index contributed by atoms with van der Waals surface area (Å²) in [4.78, 5) is 17.3. The number of hydrogen-bond donors (Lipinski definition) is 0. The second kappa shape index (κ2) is 7.87. The molecule has 1 amide bonds. The van der Waals surface area contributed by atoms with E-state index in [9.17, 15) is 10.1 Å². The van der Waals surface area contributed by atoms with Crippen LogP contribution in [0.3, 0.4) is 0 Å². The van der Waals surface area contributed by atoms with Crippen molar-refractivity contribution in [2.75, 3.05) is 26.2 Å². The number of carbonyl (C=O) groups excluding carboxylic acids is 1. The van der Waals surface area contributed by atoms with Gasteiger partial charge in [0, 0.05) is 57.0 Å². The molecule has 2 aromatic carbocycles. The number of amides is 1. The van der Waals surface area contributed by atoms with Gasteiger partial charge in [-0.25, -0.2) is 0 Å². The van der Waals surface area contributed by atoms with E-state index in [1.165, 1.54) is 0 Å². The van der Waals surface area contributed by atoms with Crippen LogP contribution in [0, 0.1) is 11.3 Å². The summed E-state index contributed by atoms with van der Waals surface area (Å²) < 4.78 is 2.04. The van der Waals surface area contributed by atoms with Crippen LogP contribution < -0.4 is 0 Å². The van der Waals surface area contributed by atoms with E-state index in [1.54, 1.807) is 0 Å². The van der Waals surface area contributed by atoms with Crippen molar-refractivity contribution in [2.45, 2.75) is 13.0 Å². The van der Waals surface area contributed by atoms with Crippen molar-refractivity contribution in [1.82, 2.24) is 14.4 Å². The average Bonchev–Trinajstić information content (AvgIpc) is 2.94. The third-order valence-corrected chi connectivity index (χ3v) is 5.54. The topological polar surface area (TPSA) is 52.3 Å². The van der Waals surface area contributed by atoms with Crippen molar-refractivity contribution in [3.63, 3.8) is 0 Å². The van der Waals surface area contributed by atoms with E-state index in [0.717, 1.165) is 60.2 Å². The summed E-state index contributed by atoms with van der Waals surface area (Å²) in [5, 5.41) is 10.5. The van der Waals surface area contributed by atoms with E-state index in [1.807, 2.05) is 65.2 Å². The molecule has 1 fully saturated rings. The monoisotopic (exact) mass is 372 g/mol. The number of rotatable bonds is 3. The fraction of sp³-hybridized carbons (Fsp3) is 0.304. The van der Waals surface area contributed by atoms with Crippen LogP contribution in [0.5, 0.6) is 0 Å². The van der Waals surface area contributed by atoms with Gasteiger partial charge in [-0.15, -0.1) is 0 Å². The molecular formula is C23H24N4O. The molecular weight excluding hydrogens is 348 g/mol. The number of nitriles is 1. The molecule has 142 valence electrons. The van der Waals surface area contributed by atoms with Gasteiger partial charge in [0.15, 0.2) is 0 Å². The molecule has 0 saturated carbocycles. The van der Waals surface area contributed by atoms with Crippen molar-refractivity contribution in [1.29, 1.82) is 5.26 Å². The minimum absolute atomic E-state index is 0.0994. The molecule has 0 aliphatic carbocycles. The highest BCUT2D eigenvalue weighted by molar-refractivity contribution is 5.98. The summed E-state index contributed by atoms with van der Waals surface area (Å²) in [6.07, 6.45) is 2.95. The van der Waals surface area contributed by atoms with Crippen LogP contribution >= 0.6 is 0 Å². The first-order valence-corrected chi connectivity index (χ1v) is 9.70. The molecule has 3 aromatic rings. The van der Waals surface area contributed by atoms with Crippen LogP contribution in [-0.2, 0) is 13.6 Å². The highest BCUT2D eigenvalue weighted by Gasteiger charge is 2.21. The van der Waals surface area contributed by atoms with Crippen LogP contribution in [0.4, 0.5) is 0 Å². The Morgan fingerprint density at radius 3 is 2.79 bits per heavy atom. The van der Waals surface area contributed by atoms with E-state index >= 15 is 0 Å². The zero-order valence-electron chi connectivity index (χ0n) is 16.1. The van der Waals surface area contributed by atoms with Gasteiger partial charge in [0.25, 0.3) is 5.91 Å². The van der Waals surface area contributed by atoms with Gasteiger partial charge in [0.1, 0.15) is 0 Å². The molecule has 1 aliphatic rings. The summed E-state index contributed by atoms with van der Waals surface area (Å²) in [6.45, 7) is 3.97. The Morgan fingerprint density at radius 1 is 1.07 bits per heavy atom. The average molecular weight is 372 g/mol. The quantitative estimate of drug-likeness (QED) is 0.708. The van der Waals surface area contributed by atoms with E-state index in [2.05, 4.69) is 17.0 Å². The first kappa shape index (κ1) is 18.3. The minimum Gasteiger partial charge on any atom is -0.351 e. The number of aryl methyl sites for hydroxylation is 1. The number of fused-ring (bicyclic) bond motifs is 1. The lowest BCUT2D eigenvalue weighted by atomic mass is 10.1. The van der Waals surface area contributed by atoms with Crippen LogP contribution in [0.1, 0.15) is 27.9 Å². The van der Waals surface area contributed by atoms with E-state index in [4.69, 9.17) is 0 Å². The fourth-order valence-electron chi connectivity index (χ4n) is 3.92. The largest absolute Gasteiger partial charge is 0.351 e. The van der Waals surface area contributed by atoms with Crippen molar-refractivity contribution < 1.29 is 4.79 Å². The van der Waals surface area contributed by atoms with E-state index in [-0.39, 0.29) is 5.91 Å². The second-order valence-corrected chi connectivity index (χ2v) is 7.39. The van der Waals surface area contributed by atoms with Gasteiger partial charge in [-0.3, -0.25) is 9.69 Å². The molecule has 1 aromatic heterocycles. The molecule has 5 nitrogen and oxygen atoms in total. The molecule has 4 rings (SSSR count). The molecule has 0 N–H and O–H groups in total. The summed E-state index contributed by atoms with van der Waals surface area (Å²) in [7, 11) is 2.00. The number of nitrogens with zero attached hydrogens (tertiary/aromatic N) is 4. The third-order valence-electron chi connectivity index (χ3n) is 5.54. The molecule has 2 heterocycles. The maximum Gasteiger partial charge on any atom is 0.253 e. The van der Waals surface area contributed by atoms with E-state index in [0.29, 0.717) is 6.54 Å². The third kappa shape index (κ3) is 3.64. The SMILES string of the molecule is Cn1ccc2ccc(C(=O)N3CCCN(Cc4ccccc4C#N)CC3)cc21. The van der Waals surface area contributed by atoms with Crippen molar-refractivity contribution >= 4 is 16.8 Å². The maximum absolute atomic E-state index is 13.0. The predicted octanol–water partition coefficient (Wildman–Crippen LogP) is 3.40. The smallest absolute Gasteiger partial charge is 0.253 e. The van der Waals surface area contributed by atoms with Gasteiger partial charge >= 0.3 is 0 Å². The van der Waals surface area contributed by atoms with Gasteiger partial charge in [-0.05, 0) is 41.6 Å². The molecule has 0 atom stereocenters. The molecule has 0 spiro atoms. The van der Waals surface area contributed by atoms with E-state index < -0.39 is 0 Å². The molecule has 5 heteroatoms. The highest BCUT2D eigenvalue weighted by Crippen LogP contribution is 2.19. The molecule has 0 bridgehead atoms. The number of carbonyl (C=O) groups is 1. The Kier molecular flexibility index (Phi) is 5.14. The van der Waals surface area contributed by atoms with Crippen molar-refractivity contribution in [3.8, 4) is 6.07 Å². The van der Waals surface area contributed by atoms with Crippen LogP contribution in [0.25, 0.3) is 10.9 Å². The van der Waals surface area contributed by atoms with Crippen molar-refractivity contribution in [2.24, 2.45) is 7.05 Å². The summed E-state index contributed by atoms with van der Waals surface area (Å²) in [5.74, 6) is 0.0994. The minimum atomic E-state index is 0.0994. The Balaban J connectivity index is 1.45. The van der Waals surface area contributed by atoms with Gasteiger partial charge in [0.05, 0.1) is 11.6 Å². The lowest BCUT2D eigenvalue weighted by Gasteiger charge is -2.22. The lowest BCUT2D eigenvalue weighted by Crippen LogP contribution is -2.35. The molecule has 28 heavy (non-hydrogen) atoms. The summed E-state index contributed by atoms with van der Waals surface area (Å²) in [6, 6.07) is 18.0.